The van der Waals surface area contributed by atoms with E-state index in [0.717, 1.165) is 29.5 Å². The molecule has 0 spiro atoms. The molecular weight excluding hydrogens is 388 g/mol. The first-order chi connectivity index (χ1) is 12.3. The van der Waals surface area contributed by atoms with E-state index in [9.17, 15) is 23.7 Å². The van der Waals surface area contributed by atoms with Crippen molar-refractivity contribution in [3.63, 3.8) is 0 Å². The van der Waals surface area contributed by atoms with Gasteiger partial charge in [-0.05, 0) is 19.1 Å². The Labute approximate surface area is 154 Å². The van der Waals surface area contributed by atoms with Crippen molar-refractivity contribution >= 4 is 44.7 Å². The average molecular weight is 398 g/mol. The Kier molecular flexibility index (Phi) is 4.84. The fourth-order valence-corrected chi connectivity index (χ4v) is 3.78. The van der Waals surface area contributed by atoms with E-state index in [2.05, 4.69) is 4.99 Å². The molecule has 3 rings (SSSR count). The molecule has 0 unspecified atom stereocenters. The number of carbonyl (C=O) groups is 1. The molecule has 26 heavy (non-hydrogen) atoms. The van der Waals surface area contributed by atoms with Gasteiger partial charge in [0.2, 0.25) is 0 Å². The number of aryl methyl sites for hydroxylation is 1. The smallest absolute Gasteiger partial charge is 0.281 e. The zero-order chi connectivity index (χ0) is 19.0. The second-order valence-electron chi connectivity index (χ2n) is 5.20. The van der Waals surface area contributed by atoms with Crippen molar-refractivity contribution < 1.29 is 18.5 Å². The SMILES string of the molecule is CCn1c(=NC(=O)c2cc([N+](=O)[O-])ccc2Cl)sc2cc(F)cc(F)c21. The summed E-state index contributed by atoms with van der Waals surface area (Å²) in [6.07, 6.45) is 0. The number of nitrogens with zero attached hydrogens (tertiary/aromatic N) is 3. The van der Waals surface area contributed by atoms with Crippen molar-refractivity contribution in [2.45, 2.75) is 13.5 Å². The van der Waals surface area contributed by atoms with Crippen LogP contribution in [0.3, 0.4) is 0 Å². The van der Waals surface area contributed by atoms with Crippen LogP contribution in [-0.4, -0.2) is 15.4 Å². The van der Waals surface area contributed by atoms with Crippen molar-refractivity contribution in [3.05, 3.63) is 67.5 Å². The molecule has 134 valence electrons. The maximum atomic E-state index is 14.1. The van der Waals surface area contributed by atoms with E-state index in [-0.39, 0.29) is 33.1 Å². The van der Waals surface area contributed by atoms with E-state index in [1.54, 1.807) is 6.92 Å². The standard InChI is InChI=1S/C16H10ClF2N3O3S/c1-2-21-14-12(19)5-8(18)6-13(14)26-16(21)20-15(23)10-7-9(22(24)25)3-4-11(10)17/h3-7H,2H2,1H3. The minimum Gasteiger partial charge on any atom is -0.314 e. The number of fused-ring (bicyclic) bond motifs is 1. The molecule has 1 heterocycles. The third kappa shape index (κ3) is 3.23. The molecule has 1 aromatic heterocycles. The Hall–Kier alpha value is -2.65. The van der Waals surface area contributed by atoms with Gasteiger partial charge in [-0.3, -0.25) is 14.9 Å². The molecule has 0 aliphatic carbocycles. The molecule has 0 saturated heterocycles. The first-order valence-electron chi connectivity index (χ1n) is 7.33. The molecule has 3 aromatic rings. The third-order valence-corrected chi connectivity index (χ3v) is 4.95. The molecule has 0 atom stereocenters. The topological polar surface area (TPSA) is 77.5 Å². The van der Waals surface area contributed by atoms with Crippen molar-refractivity contribution in [2.75, 3.05) is 0 Å². The van der Waals surface area contributed by atoms with Gasteiger partial charge in [-0.25, -0.2) is 8.78 Å². The highest BCUT2D eigenvalue weighted by Crippen LogP contribution is 2.24. The van der Waals surface area contributed by atoms with Gasteiger partial charge >= 0.3 is 0 Å². The number of benzene rings is 2. The van der Waals surface area contributed by atoms with Crippen molar-refractivity contribution in [1.29, 1.82) is 0 Å². The highest BCUT2D eigenvalue weighted by Gasteiger charge is 2.17. The maximum absolute atomic E-state index is 14.1. The summed E-state index contributed by atoms with van der Waals surface area (Å²) < 4.78 is 29.2. The fraction of sp³-hybridized carbons (Fsp3) is 0.125. The lowest BCUT2D eigenvalue weighted by atomic mass is 10.2. The molecule has 0 aliphatic heterocycles. The number of carbonyl (C=O) groups excluding carboxylic acids is 1. The zero-order valence-corrected chi connectivity index (χ0v) is 14.8. The van der Waals surface area contributed by atoms with E-state index < -0.39 is 22.5 Å². The van der Waals surface area contributed by atoms with Crippen LogP contribution < -0.4 is 4.80 Å². The van der Waals surface area contributed by atoms with Crippen LogP contribution in [0.5, 0.6) is 0 Å². The second-order valence-corrected chi connectivity index (χ2v) is 6.62. The number of nitro benzene ring substituents is 1. The molecule has 10 heteroatoms. The van der Waals surface area contributed by atoms with E-state index >= 15 is 0 Å². The lowest BCUT2D eigenvalue weighted by molar-refractivity contribution is -0.384. The van der Waals surface area contributed by atoms with E-state index in [1.165, 1.54) is 16.7 Å². The summed E-state index contributed by atoms with van der Waals surface area (Å²) in [5, 5.41) is 10.9. The molecule has 0 radical (unpaired) electrons. The number of hydrogen-bond acceptors (Lipinski definition) is 4. The van der Waals surface area contributed by atoms with Crippen molar-refractivity contribution in [1.82, 2.24) is 4.57 Å². The van der Waals surface area contributed by atoms with Gasteiger partial charge in [0.1, 0.15) is 5.82 Å². The number of halogens is 3. The lowest BCUT2D eigenvalue weighted by Gasteiger charge is -2.02. The van der Waals surface area contributed by atoms with Crippen LogP contribution in [0.4, 0.5) is 14.5 Å². The average Bonchev–Trinajstić information content (AvgIpc) is 2.91. The number of rotatable bonds is 3. The minimum atomic E-state index is -0.812. The van der Waals surface area contributed by atoms with Crippen LogP contribution in [0.15, 0.2) is 35.3 Å². The quantitative estimate of drug-likeness (QED) is 0.488. The molecular formula is C16H10ClF2N3O3S. The van der Waals surface area contributed by atoms with E-state index in [0.29, 0.717) is 4.70 Å². The van der Waals surface area contributed by atoms with E-state index in [4.69, 9.17) is 11.6 Å². The predicted molar refractivity (Wildman–Crippen MR) is 93.4 cm³/mol. The third-order valence-electron chi connectivity index (χ3n) is 3.60. The summed E-state index contributed by atoms with van der Waals surface area (Å²) >= 11 is 6.88. The molecule has 1 amide bonds. The molecule has 0 fully saturated rings. The Balaban J connectivity index is 2.19. The number of non-ortho nitro benzene ring substituents is 1. The van der Waals surface area contributed by atoms with Gasteiger partial charge in [-0.2, -0.15) is 4.99 Å². The second kappa shape index (κ2) is 6.93. The number of aromatic nitrogens is 1. The predicted octanol–water partition coefficient (Wildman–Crippen LogP) is 4.30. The van der Waals surface area contributed by atoms with Gasteiger partial charge in [-0.15, -0.1) is 0 Å². The summed E-state index contributed by atoms with van der Waals surface area (Å²) in [6, 6.07) is 5.33. The van der Waals surface area contributed by atoms with Crippen LogP contribution in [-0.2, 0) is 6.54 Å². The van der Waals surface area contributed by atoms with Crippen molar-refractivity contribution in [2.24, 2.45) is 4.99 Å². The zero-order valence-electron chi connectivity index (χ0n) is 13.2. The Morgan fingerprint density at radius 2 is 2.08 bits per heavy atom. The van der Waals surface area contributed by atoms with Crippen LogP contribution in [0.1, 0.15) is 17.3 Å². The molecule has 0 N–H and O–H groups in total. The van der Waals surface area contributed by atoms with Crippen molar-refractivity contribution in [3.8, 4) is 0 Å². The molecule has 0 saturated carbocycles. The number of amides is 1. The number of thiazole rings is 1. The summed E-state index contributed by atoms with van der Waals surface area (Å²) in [7, 11) is 0. The molecule has 0 aliphatic rings. The number of nitro groups is 1. The molecule has 6 nitrogen and oxygen atoms in total. The van der Waals surface area contributed by atoms with Crippen LogP contribution in [0, 0.1) is 21.7 Å². The summed E-state index contributed by atoms with van der Waals surface area (Å²) in [4.78, 5) is 26.7. The van der Waals surface area contributed by atoms with Crippen LogP contribution >= 0.6 is 22.9 Å². The highest BCUT2D eigenvalue weighted by molar-refractivity contribution is 7.16. The van der Waals surface area contributed by atoms with Gasteiger partial charge < -0.3 is 4.57 Å². The monoisotopic (exact) mass is 397 g/mol. The summed E-state index contributed by atoms with van der Waals surface area (Å²) in [5.74, 6) is -2.31. The van der Waals surface area contributed by atoms with Gasteiger partial charge in [0.15, 0.2) is 10.6 Å². The van der Waals surface area contributed by atoms with Gasteiger partial charge in [-0.1, -0.05) is 22.9 Å². The van der Waals surface area contributed by atoms with Crippen LogP contribution in [0.2, 0.25) is 5.02 Å². The van der Waals surface area contributed by atoms with E-state index in [1.807, 2.05) is 0 Å². The van der Waals surface area contributed by atoms with Gasteiger partial charge in [0.05, 0.1) is 25.7 Å². The lowest BCUT2D eigenvalue weighted by Crippen LogP contribution is -2.16. The Morgan fingerprint density at radius 3 is 2.73 bits per heavy atom. The largest absolute Gasteiger partial charge is 0.314 e. The normalized spacial score (nSPS) is 11.9. The first-order valence-corrected chi connectivity index (χ1v) is 8.52. The Bertz CT molecular complexity index is 1120. The van der Waals surface area contributed by atoms with Gasteiger partial charge in [0.25, 0.3) is 11.6 Å². The first kappa shape index (κ1) is 18.2. The molecule has 2 aromatic carbocycles. The maximum Gasteiger partial charge on any atom is 0.281 e. The summed E-state index contributed by atoms with van der Waals surface area (Å²) in [5.41, 5.74) is -0.316. The Morgan fingerprint density at radius 1 is 1.35 bits per heavy atom. The highest BCUT2D eigenvalue weighted by atomic mass is 35.5. The fourth-order valence-electron chi connectivity index (χ4n) is 2.45. The molecule has 0 bridgehead atoms. The summed E-state index contributed by atoms with van der Waals surface area (Å²) in [6.45, 7) is 2.01. The number of hydrogen-bond donors (Lipinski definition) is 0. The van der Waals surface area contributed by atoms with Gasteiger partial charge in [0, 0.05) is 24.7 Å². The van der Waals surface area contributed by atoms with Crippen LogP contribution in [0.25, 0.3) is 10.2 Å². The minimum absolute atomic E-state index is 0.00531.